The molecule has 3 atom stereocenters. The first-order chi connectivity index (χ1) is 18.2. The van der Waals surface area contributed by atoms with E-state index in [1.54, 1.807) is 9.80 Å². The normalized spacial score (nSPS) is 19.3. The van der Waals surface area contributed by atoms with Crippen LogP contribution in [-0.4, -0.2) is 137 Å². The number of carboxylic acid groups (broad SMARTS) is 1. The maximum Gasteiger partial charge on any atom is 0.696 e. The highest BCUT2D eigenvalue weighted by atomic mass is 31.1. The number of hydrogen-bond acceptors (Lipinski definition) is 11. The first-order valence-electron chi connectivity index (χ1n) is 12.2. The molecule has 38 heavy (non-hydrogen) atoms. The summed E-state index contributed by atoms with van der Waals surface area (Å²) in [4.78, 5) is 36.9. The molecule has 0 aromatic heterocycles. The lowest BCUT2D eigenvalue weighted by atomic mass is 10.2. The molecule has 214 valence electrons. The van der Waals surface area contributed by atoms with Crippen molar-refractivity contribution in [2.75, 3.05) is 85.5 Å². The summed E-state index contributed by atoms with van der Waals surface area (Å²) in [5.74, 6) is -0.972. The van der Waals surface area contributed by atoms with E-state index in [0.29, 0.717) is 65.5 Å². The van der Waals surface area contributed by atoms with Crippen LogP contribution in [0.15, 0.2) is 30.3 Å². The third kappa shape index (κ3) is 15.2. The van der Waals surface area contributed by atoms with Crippen LogP contribution in [0.2, 0.25) is 0 Å². The Bertz CT molecular complexity index is 857. The number of aliphatic hydroxyl groups excluding tert-OH is 1. The highest BCUT2D eigenvalue weighted by Crippen LogP contribution is 2.16. The van der Waals surface area contributed by atoms with Gasteiger partial charge in [-0.15, -0.1) is 18.8 Å². The fourth-order valence-electron chi connectivity index (χ4n) is 3.87. The predicted molar refractivity (Wildman–Crippen MR) is 137 cm³/mol. The molecule has 2 rings (SSSR count). The third-order valence-corrected chi connectivity index (χ3v) is 6.55. The van der Waals surface area contributed by atoms with Crippen molar-refractivity contribution >= 4 is 22.5 Å². The SMILES string of the molecule is O=C(O)CN1CCN(CO[P+](=O)O)CCN(CO[P+](=O)O)CCN(CC(O)COCc2ccccc2)CC1. The topological polar surface area (TPSA) is 173 Å². The summed E-state index contributed by atoms with van der Waals surface area (Å²) in [5, 5.41) is 20.0. The lowest BCUT2D eigenvalue weighted by molar-refractivity contribution is -0.138. The van der Waals surface area contributed by atoms with E-state index >= 15 is 0 Å². The van der Waals surface area contributed by atoms with Crippen LogP contribution in [0.1, 0.15) is 5.56 Å². The molecule has 1 aliphatic heterocycles. The molecule has 0 bridgehead atoms. The van der Waals surface area contributed by atoms with E-state index in [1.807, 2.05) is 40.1 Å². The number of carboxylic acids is 1. The van der Waals surface area contributed by atoms with Crippen molar-refractivity contribution in [3.63, 3.8) is 0 Å². The van der Waals surface area contributed by atoms with Gasteiger partial charge in [-0.1, -0.05) is 30.3 Å². The lowest BCUT2D eigenvalue weighted by Gasteiger charge is -2.33. The molecule has 1 saturated heterocycles. The molecule has 1 aromatic carbocycles. The number of rotatable bonds is 14. The van der Waals surface area contributed by atoms with Crippen LogP contribution in [0, 0.1) is 0 Å². The van der Waals surface area contributed by atoms with Gasteiger partial charge in [0.2, 0.25) is 0 Å². The van der Waals surface area contributed by atoms with E-state index in [9.17, 15) is 24.1 Å². The molecule has 14 nitrogen and oxygen atoms in total. The molecule has 0 amide bonds. The second-order valence-corrected chi connectivity index (χ2v) is 10.3. The van der Waals surface area contributed by atoms with E-state index in [1.165, 1.54) is 0 Å². The van der Waals surface area contributed by atoms with Crippen LogP contribution in [0.3, 0.4) is 0 Å². The van der Waals surface area contributed by atoms with Gasteiger partial charge in [-0.05, 0) is 5.56 Å². The van der Waals surface area contributed by atoms with Crippen molar-refractivity contribution in [3.05, 3.63) is 35.9 Å². The molecule has 0 aliphatic carbocycles. The molecular weight excluding hydrogens is 542 g/mol. The fourth-order valence-corrected chi connectivity index (χ4v) is 4.39. The summed E-state index contributed by atoms with van der Waals surface area (Å²) in [6, 6.07) is 9.62. The molecule has 1 aliphatic rings. The van der Waals surface area contributed by atoms with Gasteiger partial charge in [-0.3, -0.25) is 24.4 Å². The Balaban J connectivity index is 2.02. The number of nitrogens with zero attached hydrogens (tertiary/aromatic N) is 4. The Labute approximate surface area is 224 Å². The van der Waals surface area contributed by atoms with Crippen LogP contribution < -0.4 is 0 Å². The van der Waals surface area contributed by atoms with Gasteiger partial charge in [0.1, 0.15) is 0 Å². The number of aliphatic hydroxyl groups is 1. The van der Waals surface area contributed by atoms with Crippen LogP contribution >= 0.6 is 16.5 Å². The minimum Gasteiger partial charge on any atom is -0.480 e. The average Bonchev–Trinajstić information content (AvgIpc) is 2.86. The van der Waals surface area contributed by atoms with Crippen LogP contribution in [0.4, 0.5) is 0 Å². The Morgan fingerprint density at radius 3 is 1.76 bits per heavy atom. The fraction of sp³-hybridized carbons (Fsp3) is 0.682. The predicted octanol–water partition coefficient (Wildman–Crippen LogP) is 0.118. The highest BCUT2D eigenvalue weighted by Gasteiger charge is 2.23. The van der Waals surface area contributed by atoms with Gasteiger partial charge < -0.3 is 14.9 Å². The van der Waals surface area contributed by atoms with Crippen LogP contribution in [-0.2, 0) is 34.3 Å². The van der Waals surface area contributed by atoms with Crippen molar-refractivity contribution in [1.29, 1.82) is 0 Å². The third-order valence-electron chi connectivity index (χ3n) is 5.88. The van der Waals surface area contributed by atoms with Crippen molar-refractivity contribution in [2.45, 2.75) is 12.7 Å². The number of hydrogen-bond donors (Lipinski definition) is 4. The summed E-state index contributed by atoms with van der Waals surface area (Å²) in [6.07, 6.45) is -0.774. The minimum absolute atomic E-state index is 0.101. The zero-order valence-electron chi connectivity index (χ0n) is 21.3. The van der Waals surface area contributed by atoms with Gasteiger partial charge in [-0.25, -0.2) is 0 Å². The van der Waals surface area contributed by atoms with Crippen LogP contribution in [0.25, 0.3) is 0 Å². The summed E-state index contributed by atoms with van der Waals surface area (Å²) >= 11 is 0. The molecule has 1 aromatic rings. The molecule has 0 saturated carbocycles. The molecule has 4 N–H and O–H groups in total. The summed E-state index contributed by atoms with van der Waals surface area (Å²) in [7, 11) is -5.58. The Morgan fingerprint density at radius 2 is 1.29 bits per heavy atom. The molecular formula is C22H38N4O10P2+2. The van der Waals surface area contributed by atoms with E-state index in [4.69, 9.17) is 23.6 Å². The summed E-state index contributed by atoms with van der Waals surface area (Å²) in [5.41, 5.74) is 0.999. The number of carbonyl (C=O) groups is 1. The first kappa shape index (κ1) is 32.7. The highest BCUT2D eigenvalue weighted by molar-refractivity contribution is 7.32. The smallest absolute Gasteiger partial charge is 0.480 e. The van der Waals surface area contributed by atoms with Gasteiger partial charge in [-0.2, -0.15) is 0 Å². The Hall–Kier alpha value is -1.51. The lowest BCUT2D eigenvalue weighted by Crippen LogP contribution is -2.48. The van der Waals surface area contributed by atoms with Crippen molar-refractivity contribution in [1.82, 2.24) is 19.6 Å². The number of ether oxygens (including phenoxy) is 1. The first-order valence-corrected chi connectivity index (χ1v) is 14.5. The monoisotopic (exact) mass is 580 g/mol. The quantitative estimate of drug-likeness (QED) is 0.219. The number of β-amino-alcohol motifs (C(OH)–C–C–N with tert-alkyl or cyclic N) is 1. The summed E-state index contributed by atoms with van der Waals surface area (Å²) < 4.78 is 37.5. The minimum atomic E-state index is -2.80. The van der Waals surface area contributed by atoms with E-state index in [-0.39, 0.29) is 26.6 Å². The standard InChI is InChI=1S/C22H36N4O10P2/c27-21(17-34-16-20-4-2-1-3-5-20)14-23-6-7-24(15-22(28)29)9-11-26(19-36-38(32)33)13-12-25(10-8-23)18-35-37(30)31/h1-5,21,27H,6-19H2,(H-2,28,29,30,31,32,33)/p+2. The summed E-state index contributed by atoms with van der Waals surface area (Å²) in [6.45, 7) is 3.68. The van der Waals surface area contributed by atoms with Crippen molar-refractivity contribution in [2.24, 2.45) is 0 Å². The van der Waals surface area contributed by atoms with Crippen molar-refractivity contribution in [3.8, 4) is 0 Å². The molecule has 0 spiro atoms. The molecule has 16 heteroatoms. The van der Waals surface area contributed by atoms with Gasteiger partial charge >= 0.3 is 22.5 Å². The van der Waals surface area contributed by atoms with E-state index in [0.717, 1.165) is 5.56 Å². The van der Waals surface area contributed by atoms with Gasteiger partial charge in [0, 0.05) is 68.0 Å². The molecule has 3 unspecified atom stereocenters. The zero-order chi connectivity index (χ0) is 27.8. The maximum absolute atomic E-state index is 11.4. The number of aliphatic carboxylic acids is 1. The van der Waals surface area contributed by atoms with Gasteiger partial charge in [0.05, 0.1) is 25.9 Å². The van der Waals surface area contributed by atoms with Crippen LogP contribution in [0.5, 0.6) is 0 Å². The van der Waals surface area contributed by atoms with E-state index < -0.39 is 28.6 Å². The van der Waals surface area contributed by atoms with Gasteiger partial charge in [0.25, 0.3) is 0 Å². The van der Waals surface area contributed by atoms with Crippen molar-refractivity contribution < 1.29 is 47.7 Å². The maximum atomic E-state index is 11.4. The van der Waals surface area contributed by atoms with Gasteiger partial charge in [0.15, 0.2) is 13.5 Å². The van der Waals surface area contributed by atoms with E-state index in [2.05, 4.69) is 0 Å². The molecule has 1 heterocycles. The second kappa shape index (κ2) is 18.7. The second-order valence-electron chi connectivity index (χ2n) is 8.85. The largest absolute Gasteiger partial charge is 0.696 e. The molecule has 1 fully saturated rings. The Morgan fingerprint density at radius 1 is 0.816 bits per heavy atom. The Kier molecular flexibility index (Phi) is 16.1. The average molecular weight is 581 g/mol. The molecule has 0 radical (unpaired) electrons. The number of benzene rings is 1. The zero-order valence-corrected chi connectivity index (χ0v) is 23.1.